The normalized spacial score (nSPS) is 10.9. The minimum absolute atomic E-state index is 0.872. The summed E-state index contributed by atoms with van der Waals surface area (Å²) in [7, 11) is 4.04. The van der Waals surface area contributed by atoms with Gasteiger partial charge in [-0.05, 0) is 42.3 Å². The van der Waals surface area contributed by atoms with Crippen molar-refractivity contribution in [2.45, 2.75) is 13.3 Å². The van der Waals surface area contributed by atoms with Crippen molar-refractivity contribution in [3.63, 3.8) is 0 Å². The van der Waals surface area contributed by atoms with Gasteiger partial charge in [-0.25, -0.2) is 0 Å². The van der Waals surface area contributed by atoms with Gasteiger partial charge in [-0.1, -0.05) is 25.1 Å². The lowest BCUT2D eigenvalue weighted by molar-refractivity contribution is 1.10. The molecule has 19 heavy (non-hydrogen) atoms. The number of nitrogens with zero attached hydrogens (tertiary/aromatic N) is 3. The van der Waals surface area contributed by atoms with Gasteiger partial charge in [0.15, 0.2) is 0 Å². The molecule has 0 aromatic heterocycles. The number of hydrogen-bond donors (Lipinski definition) is 0. The van der Waals surface area contributed by atoms with Gasteiger partial charge in [0.05, 0.1) is 11.4 Å². The van der Waals surface area contributed by atoms with E-state index in [4.69, 9.17) is 0 Å². The summed E-state index contributed by atoms with van der Waals surface area (Å²) in [5, 5.41) is 8.63. The summed E-state index contributed by atoms with van der Waals surface area (Å²) in [5.74, 6) is 0. The number of hydrogen-bond acceptors (Lipinski definition) is 3. The Balaban J connectivity index is 2.18. The first-order valence-corrected chi connectivity index (χ1v) is 6.47. The highest BCUT2D eigenvalue weighted by Crippen LogP contribution is 2.23. The van der Waals surface area contributed by atoms with Crippen LogP contribution in [0, 0.1) is 0 Å². The molecule has 0 aliphatic heterocycles. The van der Waals surface area contributed by atoms with Gasteiger partial charge in [0.25, 0.3) is 0 Å². The molecule has 0 saturated heterocycles. The molecule has 0 unspecified atom stereocenters. The first-order valence-electron chi connectivity index (χ1n) is 6.47. The number of anilines is 1. The van der Waals surface area contributed by atoms with Crippen LogP contribution in [-0.4, -0.2) is 14.1 Å². The van der Waals surface area contributed by atoms with Gasteiger partial charge in [-0.2, -0.15) is 10.2 Å². The van der Waals surface area contributed by atoms with Gasteiger partial charge < -0.3 is 4.90 Å². The largest absolute Gasteiger partial charge is 0.378 e. The second kappa shape index (κ2) is 6.14. The van der Waals surface area contributed by atoms with Crippen LogP contribution in [0.2, 0.25) is 0 Å². The molecule has 0 amide bonds. The molecule has 0 bridgehead atoms. The number of benzene rings is 2. The molecule has 0 spiro atoms. The van der Waals surface area contributed by atoms with Crippen molar-refractivity contribution in [3.8, 4) is 0 Å². The van der Waals surface area contributed by atoms with Crippen molar-refractivity contribution in [1.29, 1.82) is 0 Å². The molecular weight excluding hydrogens is 234 g/mol. The molecule has 0 aliphatic rings. The molecule has 2 rings (SSSR count). The van der Waals surface area contributed by atoms with Crippen LogP contribution in [0.5, 0.6) is 0 Å². The van der Waals surface area contributed by atoms with Gasteiger partial charge in [-0.15, -0.1) is 0 Å². The van der Waals surface area contributed by atoms with Crippen LogP contribution in [0.25, 0.3) is 0 Å². The maximum Gasteiger partial charge on any atom is 0.0888 e. The maximum atomic E-state index is 4.33. The minimum atomic E-state index is 0.872. The number of azo groups is 1. The lowest BCUT2D eigenvalue weighted by atomic mass is 10.1. The first-order chi connectivity index (χ1) is 9.20. The van der Waals surface area contributed by atoms with Crippen LogP contribution < -0.4 is 4.90 Å². The highest BCUT2D eigenvalue weighted by Gasteiger charge is 1.98. The second-order valence-corrected chi connectivity index (χ2v) is 4.59. The third-order valence-corrected chi connectivity index (χ3v) is 3.01. The van der Waals surface area contributed by atoms with Crippen molar-refractivity contribution in [2.75, 3.05) is 19.0 Å². The van der Waals surface area contributed by atoms with E-state index >= 15 is 0 Å². The fourth-order valence-corrected chi connectivity index (χ4v) is 1.84. The second-order valence-electron chi connectivity index (χ2n) is 4.59. The van der Waals surface area contributed by atoms with E-state index in [0.717, 1.165) is 23.5 Å². The summed E-state index contributed by atoms with van der Waals surface area (Å²) >= 11 is 0. The Bertz CT molecular complexity index is 556. The summed E-state index contributed by atoms with van der Waals surface area (Å²) in [6, 6.07) is 16.1. The highest BCUT2D eigenvalue weighted by atomic mass is 15.1. The zero-order valence-electron chi connectivity index (χ0n) is 11.7. The minimum Gasteiger partial charge on any atom is -0.378 e. The zero-order chi connectivity index (χ0) is 13.7. The molecule has 0 N–H and O–H groups in total. The van der Waals surface area contributed by atoms with Crippen LogP contribution in [0.1, 0.15) is 12.5 Å². The topological polar surface area (TPSA) is 28.0 Å². The van der Waals surface area contributed by atoms with Crippen molar-refractivity contribution in [2.24, 2.45) is 10.2 Å². The molecule has 3 nitrogen and oxygen atoms in total. The summed E-state index contributed by atoms with van der Waals surface area (Å²) in [5.41, 5.74) is 4.20. The smallest absolute Gasteiger partial charge is 0.0888 e. The van der Waals surface area contributed by atoms with Crippen LogP contribution in [-0.2, 0) is 6.42 Å². The standard InChI is InChI=1S/C16H19N3/c1-4-13-7-5-6-8-16(13)18-17-14-9-11-15(12-10-14)19(2)3/h5-12H,4H2,1-3H3. The third-order valence-electron chi connectivity index (χ3n) is 3.01. The Kier molecular flexibility index (Phi) is 4.29. The molecule has 3 heteroatoms. The van der Waals surface area contributed by atoms with Crippen LogP contribution in [0.15, 0.2) is 58.8 Å². The Hall–Kier alpha value is -2.16. The van der Waals surface area contributed by atoms with Crippen molar-refractivity contribution in [3.05, 3.63) is 54.1 Å². The predicted octanol–water partition coefficient (Wildman–Crippen LogP) is 4.73. The average Bonchev–Trinajstić information content (AvgIpc) is 2.45. The highest BCUT2D eigenvalue weighted by molar-refractivity contribution is 5.52. The fourth-order valence-electron chi connectivity index (χ4n) is 1.84. The van der Waals surface area contributed by atoms with Gasteiger partial charge in [0, 0.05) is 19.8 Å². The Labute approximate surface area is 114 Å². The molecule has 0 atom stereocenters. The Morgan fingerprint density at radius 2 is 1.58 bits per heavy atom. The van der Waals surface area contributed by atoms with E-state index in [1.807, 2.05) is 56.6 Å². The summed E-state index contributed by atoms with van der Waals surface area (Å²) in [6.07, 6.45) is 0.967. The zero-order valence-corrected chi connectivity index (χ0v) is 11.7. The molecule has 0 radical (unpaired) electrons. The summed E-state index contributed by atoms with van der Waals surface area (Å²) < 4.78 is 0. The SMILES string of the molecule is CCc1ccccc1N=Nc1ccc(N(C)C)cc1. The van der Waals surface area contributed by atoms with E-state index in [0.29, 0.717) is 0 Å². The summed E-state index contributed by atoms with van der Waals surface area (Å²) in [4.78, 5) is 2.06. The van der Waals surface area contributed by atoms with E-state index in [1.165, 1.54) is 5.56 Å². The predicted molar refractivity (Wildman–Crippen MR) is 80.8 cm³/mol. The van der Waals surface area contributed by atoms with Crippen LogP contribution in [0.3, 0.4) is 0 Å². The Morgan fingerprint density at radius 3 is 2.21 bits per heavy atom. The average molecular weight is 253 g/mol. The van der Waals surface area contributed by atoms with Crippen molar-refractivity contribution < 1.29 is 0 Å². The Morgan fingerprint density at radius 1 is 0.895 bits per heavy atom. The van der Waals surface area contributed by atoms with Gasteiger partial charge >= 0.3 is 0 Å². The first kappa shape index (κ1) is 13.3. The van der Waals surface area contributed by atoms with Crippen LogP contribution >= 0.6 is 0 Å². The van der Waals surface area contributed by atoms with E-state index < -0.39 is 0 Å². The molecular formula is C16H19N3. The van der Waals surface area contributed by atoms with Crippen molar-refractivity contribution in [1.82, 2.24) is 0 Å². The lowest BCUT2D eigenvalue weighted by Gasteiger charge is -2.11. The molecule has 0 saturated carbocycles. The quantitative estimate of drug-likeness (QED) is 0.724. The monoisotopic (exact) mass is 253 g/mol. The number of rotatable bonds is 4. The maximum absolute atomic E-state index is 4.33. The molecule has 98 valence electrons. The number of aryl methyl sites for hydroxylation is 1. The molecule has 0 fully saturated rings. The lowest BCUT2D eigenvalue weighted by Crippen LogP contribution is -2.07. The van der Waals surface area contributed by atoms with E-state index in [9.17, 15) is 0 Å². The molecule has 2 aromatic carbocycles. The fraction of sp³-hybridized carbons (Fsp3) is 0.250. The molecule has 0 aliphatic carbocycles. The third kappa shape index (κ3) is 3.41. The van der Waals surface area contributed by atoms with Gasteiger partial charge in [0.2, 0.25) is 0 Å². The molecule has 2 aromatic rings. The van der Waals surface area contributed by atoms with E-state index in [2.05, 4.69) is 28.1 Å². The van der Waals surface area contributed by atoms with E-state index in [-0.39, 0.29) is 0 Å². The van der Waals surface area contributed by atoms with Crippen LogP contribution in [0.4, 0.5) is 17.1 Å². The van der Waals surface area contributed by atoms with Gasteiger partial charge in [0.1, 0.15) is 0 Å². The van der Waals surface area contributed by atoms with Gasteiger partial charge in [-0.3, -0.25) is 0 Å². The molecule has 0 heterocycles. The summed E-state index contributed by atoms with van der Waals surface area (Å²) in [6.45, 7) is 2.13. The van der Waals surface area contributed by atoms with E-state index in [1.54, 1.807) is 0 Å². The van der Waals surface area contributed by atoms with Crippen molar-refractivity contribution >= 4 is 17.1 Å².